The number of rotatable bonds is 3. The summed E-state index contributed by atoms with van der Waals surface area (Å²) in [5.74, 6) is -0.930. The highest BCUT2D eigenvalue weighted by molar-refractivity contribution is 9.10. The van der Waals surface area contributed by atoms with Crippen molar-refractivity contribution in [3.8, 4) is 0 Å². The van der Waals surface area contributed by atoms with Crippen LogP contribution in [0.1, 0.15) is 23.2 Å². The van der Waals surface area contributed by atoms with Crippen LogP contribution in [0.5, 0.6) is 0 Å². The molecule has 6 heteroatoms. The fourth-order valence-corrected chi connectivity index (χ4v) is 3.36. The summed E-state index contributed by atoms with van der Waals surface area (Å²) in [6, 6.07) is 5.24. The van der Waals surface area contributed by atoms with Gasteiger partial charge in [-0.3, -0.25) is 9.69 Å². The van der Waals surface area contributed by atoms with Crippen LogP contribution in [0.25, 0.3) is 0 Å². The van der Waals surface area contributed by atoms with E-state index in [0.717, 1.165) is 19.7 Å². The summed E-state index contributed by atoms with van der Waals surface area (Å²) >= 11 is 3.09. The van der Waals surface area contributed by atoms with E-state index < -0.39 is 11.7 Å². The lowest BCUT2D eigenvalue weighted by Crippen LogP contribution is -2.50. The van der Waals surface area contributed by atoms with Gasteiger partial charge in [0, 0.05) is 19.1 Å². The SMILES string of the molecule is O=C(NCC1CN2CCCC2CO1)c1cccc(Br)c1F. The molecule has 0 bridgehead atoms. The highest BCUT2D eigenvalue weighted by Crippen LogP contribution is 2.22. The van der Waals surface area contributed by atoms with Gasteiger partial charge in [-0.25, -0.2) is 4.39 Å². The Kier molecular flexibility index (Phi) is 4.57. The number of carbonyl (C=O) groups excluding carboxylic acids is 1. The molecule has 0 aromatic heterocycles. The summed E-state index contributed by atoms with van der Waals surface area (Å²) in [6.45, 7) is 3.09. The number of benzene rings is 1. The molecule has 2 heterocycles. The molecule has 2 saturated heterocycles. The van der Waals surface area contributed by atoms with Gasteiger partial charge >= 0.3 is 0 Å². The highest BCUT2D eigenvalue weighted by Gasteiger charge is 2.32. The van der Waals surface area contributed by atoms with Crippen LogP contribution in [0.3, 0.4) is 0 Å². The Bertz CT molecular complexity index is 540. The molecular weight excluding hydrogens is 339 g/mol. The summed E-state index contributed by atoms with van der Waals surface area (Å²) in [5.41, 5.74) is 0.0548. The monoisotopic (exact) mass is 356 g/mol. The van der Waals surface area contributed by atoms with E-state index in [0.29, 0.717) is 17.1 Å². The molecule has 1 aromatic carbocycles. The van der Waals surface area contributed by atoms with Crippen molar-refractivity contribution < 1.29 is 13.9 Å². The number of hydrogen-bond donors (Lipinski definition) is 1. The Morgan fingerprint density at radius 2 is 2.38 bits per heavy atom. The molecule has 0 saturated carbocycles. The van der Waals surface area contributed by atoms with Crippen LogP contribution >= 0.6 is 15.9 Å². The number of nitrogens with one attached hydrogen (secondary N) is 1. The van der Waals surface area contributed by atoms with Crippen LogP contribution in [0.15, 0.2) is 22.7 Å². The molecule has 114 valence electrons. The molecule has 0 aliphatic carbocycles. The maximum absolute atomic E-state index is 13.8. The predicted octanol–water partition coefficient (Wildman–Crippen LogP) is 2.18. The minimum atomic E-state index is -0.529. The number of hydrogen-bond acceptors (Lipinski definition) is 3. The van der Waals surface area contributed by atoms with Gasteiger partial charge in [0.1, 0.15) is 5.82 Å². The van der Waals surface area contributed by atoms with E-state index in [1.807, 2.05) is 0 Å². The minimum absolute atomic E-state index is 0.0153. The minimum Gasteiger partial charge on any atom is -0.373 e. The van der Waals surface area contributed by atoms with Crippen LogP contribution in [0, 0.1) is 5.82 Å². The van der Waals surface area contributed by atoms with Crippen molar-refractivity contribution >= 4 is 21.8 Å². The van der Waals surface area contributed by atoms with Gasteiger partial charge in [0.25, 0.3) is 5.91 Å². The Balaban J connectivity index is 1.55. The van der Waals surface area contributed by atoms with Crippen molar-refractivity contribution in [2.45, 2.75) is 25.0 Å². The molecule has 2 atom stereocenters. The third-order valence-corrected chi connectivity index (χ3v) is 4.76. The van der Waals surface area contributed by atoms with Crippen LogP contribution in [0.4, 0.5) is 4.39 Å². The summed E-state index contributed by atoms with van der Waals surface area (Å²) in [7, 11) is 0. The molecule has 4 nitrogen and oxygen atoms in total. The maximum atomic E-state index is 13.8. The number of morpholine rings is 1. The van der Waals surface area contributed by atoms with Crippen molar-refractivity contribution in [2.75, 3.05) is 26.2 Å². The molecule has 2 unspecified atom stereocenters. The molecule has 1 amide bonds. The average Bonchev–Trinajstić information content (AvgIpc) is 2.95. The largest absolute Gasteiger partial charge is 0.373 e. The summed E-state index contributed by atoms with van der Waals surface area (Å²) in [4.78, 5) is 14.5. The number of carbonyl (C=O) groups is 1. The normalized spacial score (nSPS) is 25.6. The number of amides is 1. The quantitative estimate of drug-likeness (QED) is 0.902. The Labute approximate surface area is 131 Å². The van der Waals surface area contributed by atoms with Gasteiger partial charge in [-0.2, -0.15) is 0 Å². The lowest BCUT2D eigenvalue weighted by atomic mass is 10.1. The highest BCUT2D eigenvalue weighted by atomic mass is 79.9. The molecule has 0 spiro atoms. The zero-order chi connectivity index (χ0) is 14.8. The fourth-order valence-electron chi connectivity index (χ4n) is 2.99. The maximum Gasteiger partial charge on any atom is 0.254 e. The Morgan fingerprint density at radius 1 is 1.52 bits per heavy atom. The van der Waals surface area contributed by atoms with Crippen molar-refractivity contribution in [3.05, 3.63) is 34.1 Å². The van der Waals surface area contributed by atoms with Gasteiger partial charge in [-0.1, -0.05) is 6.07 Å². The van der Waals surface area contributed by atoms with E-state index in [4.69, 9.17) is 4.74 Å². The van der Waals surface area contributed by atoms with Gasteiger partial charge in [0.05, 0.1) is 22.7 Å². The van der Waals surface area contributed by atoms with E-state index >= 15 is 0 Å². The van der Waals surface area contributed by atoms with Crippen molar-refractivity contribution in [3.63, 3.8) is 0 Å². The average molecular weight is 357 g/mol. The second-order valence-electron chi connectivity index (χ2n) is 5.56. The van der Waals surface area contributed by atoms with Crippen LogP contribution < -0.4 is 5.32 Å². The fraction of sp³-hybridized carbons (Fsp3) is 0.533. The van der Waals surface area contributed by atoms with E-state index in [1.165, 1.54) is 18.9 Å². The van der Waals surface area contributed by atoms with Crippen molar-refractivity contribution in [2.24, 2.45) is 0 Å². The van der Waals surface area contributed by atoms with E-state index in [2.05, 4.69) is 26.1 Å². The number of nitrogens with zero attached hydrogens (tertiary/aromatic N) is 1. The van der Waals surface area contributed by atoms with Gasteiger partial charge in [-0.05, 0) is 47.4 Å². The molecule has 3 rings (SSSR count). The summed E-state index contributed by atoms with van der Waals surface area (Å²) in [5, 5.41) is 2.77. The van der Waals surface area contributed by atoms with Gasteiger partial charge in [0.2, 0.25) is 0 Å². The van der Waals surface area contributed by atoms with Gasteiger partial charge in [0.15, 0.2) is 0 Å². The zero-order valence-electron chi connectivity index (χ0n) is 11.6. The predicted molar refractivity (Wildman–Crippen MR) is 80.8 cm³/mol. The first-order chi connectivity index (χ1) is 10.1. The number of ether oxygens (including phenoxy) is 1. The van der Waals surface area contributed by atoms with E-state index in [1.54, 1.807) is 12.1 Å². The standard InChI is InChI=1S/C15H18BrFN2O2/c16-13-5-1-4-12(14(13)17)15(20)18-7-11-8-19-6-2-3-10(19)9-21-11/h1,4-5,10-11H,2-3,6-9H2,(H,18,20). The van der Waals surface area contributed by atoms with Crippen molar-refractivity contribution in [1.82, 2.24) is 10.2 Å². The third kappa shape index (κ3) is 3.27. The lowest BCUT2D eigenvalue weighted by Gasteiger charge is -2.35. The van der Waals surface area contributed by atoms with Crippen LogP contribution in [-0.2, 0) is 4.74 Å². The summed E-state index contributed by atoms with van der Waals surface area (Å²) in [6.07, 6.45) is 2.40. The molecule has 1 N–H and O–H groups in total. The smallest absolute Gasteiger partial charge is 0.254 e. The third-order valence-electron chi connectivity index (χ3n) is 4.15. The van der Waals surface area contributed by atoms with Crippen LogP contribution in [0.2, 0.25) is 0 Å². The first-order valence-electron chi connectivity index (χ1n) is 7.23. The van der Waals surface area contributed by atoms with E-state index in [9.17, 15) is 9.18 Å². The van der Waals surface area contributed by atoms with Crippen LogP contribution in [-0.4, -0.2) is 49.2 Å². The second kappa shape index (κ2) is 6.42. The number of fused-ring (bicyclic) bond motifs is 1. The first kappa shape index (κ1) is 14.9. The molecule has 1 aromatic rings. The Hall–Kier alpha value is -0.980. The molecule has 21 heavy (non-hydrogen) atoms. The van der Waals surface area contributed by atoms with Gasteiger partial charge < -0.3 is 10.1 Å². The molecule has 2 aliphatic heterocycles. The van der Waals surface area contributed by atoms with Gasteiger partial charge in [-0.15, -0.1) is 0 Å². The summed E-state index contributed by atoms with van der Waals surface area (Å²) < 4.78 is 19.9. The van der Waals surface area contributed by atoms with Crippen molar-refractivity contribution in [1.29, 1.82) is 0 Å². The second-order valence-corrected chi connectivity index (χ2v) is 6.41. The van der Waals surface area contributed by atoms with E-state index in [-0.39, 0.29) is 11.7 Å². The number of halogens is 2. The molecule has 0 radical (unpaired) electrons. The zero-order valence-corrected chi connectivity index (χ0v) is 13.2. The molecular formula is C15H18BrFN2O2. The Morgan fingerprint density at radius 3 is 3.24 bits per heavy atom. The molecule has 2 aliphatic rings. The molecule has 2 fully saturated rings. The lowest BCUT2D eigenvalue weighted by molar-refractivity contribution is -0.0462. The first-order valence-corrected chi connectivity index (χ1v) is 8.02. The topological polar surface area (TPSA) is 41.6 Å².